The third kappa shape index (κ3) is 4.27. The molecule has 0 spiro atoms. The standard InChI is InChI=1S/C25H17FN2O5/c26-16-4-3-5-17(13-16)27-25(30)24-23(18-6-1-2-7-19(18)33-24)28-22(29)11-9-15-8-10-20-21(12-15)32-14-31-20/h1-13H,14H2,(H,27,30)(H,28,29)/b11-9+. The van der Waals surface area contributed by atoms with Gasteiger partial charge in [0.2, 0.25) is 18.5 Å². The number of fused-ring (bicyclic) bond motifs is 2. The molecule has 0 aliphatic carbocycles. The van der Waals surface area contributed by atoms with Gasteiger partial charge in [0.05, 0.1) is 0 Å². The average Bonchev–Trinajstić information content (AvgIpc) is 3.42. The van der Waals surface area contributed by atoms with Gasteiger partial charge in [-0.3, -0.25) is 9.59 Å². The van der Waals surface area contributed by atoms with Crippen LogP contribution in [-0.2, 0) is 4.79 Å². The lowest BCUT2D eigenvalue weighted by molar-refractivity contribution is -0.111. The lowest BCUT2D eigenvalue weighted by Crippen LogP contribution is -2.15. The van der Waals surface area contributed by atoms with E-state index < -0.39 is 17.6 Å². The average molecular weight is 444 g/mol. The summed E-state index contributed by atoms with van der Waals surface area (Å²) < 4.78 is 29.8. The molecule has 0 atom stereocenters. The Morgan fingerprint density at radius 1 is 0.909 bits per heavy atom. The molecule has 0 radical (unpaired) electrons. The van der Waals surface area contributed by atoms with Crippen LogP contribution in [0.15, 0.2) is 77.2 Å². The van der Waals surface area contributed by atoms with Gasteiger partial charge in [0.25, 0.3) is 5.91 Å². The van der Waals surface area contributed by atoms with Crippen LogP contribution in [0, 0.1) is 5.82 Å². The van der Waals surface area contributed by atoms with Crippen molar-refractivity contribution in [3.8, 4) is 11.5 Å². The predicted octanol–water partition coefficient (Wildman–Crippen LogP) is 5.20. The number of rotatable bonds is 5. The first-order chi connectivity index (χ1) is 16.1. The van der Waals surface area contributed by atoms with Crippen molar-refractivity contribution >= 4 is 40.2 Å². The van der Waals surface area contributed by atoms with E-state index in [9.17, 15) is 14.0 Å². The molecule has 0 bridgehead atoms. The summed E-state index contributed by atoms with van der Waals surface area (Å²) in [7, 11) is 0. The van der Waals surface area contributed by atoms with E-state index in [4.69, 9.17) is 13.9 Å². The Labute approximate surface area is 187 Å². The van der Waals surface area contributed by atoms with Gasteiger partial charge in [0.1, 0.15) is 17.1 Å². The normalized spacial score (nSPS) is 12.3. The fourth-order valence-corrected chi connectivity index (χ4v) is 3.44. The van der Waals surface area contributed by atoms with Crippen molar-refractivity contribution in [3.63, 3.8) is 0 Å². The molecule has 8 heteroatoms. The minimum Gasteiger partial charge on any atom is -0.454 e. The van der Waals surface area contributed by atoms with Gasteiger partial charge in [-0.25, -0.2) is 4.39 Å². The number of hydrogen-bond donors (Lipinski definition) is 2. The third-order valence-corrected chi connectivity index (χ3v) is 4.96. The van der Waals surface area contributed by atoms with Gasteiger partial charge in [-0.15, -0.1) is 0 Å². The first-order valence-electron chi connectivity index (χ1n) is 10.0. The second kappa shape index (κ2) is 8.51. The summed E-state index contributed by atoms with van der Waals surface area (Å²) in [5.74, 6) is -0.402. The highest BCUT2D eigenvalue weighted by Crippen LogP contribution is 2.33. The van der Waals surface area contributed by atoms with Crippen LogP contribution in [0.1, 0.15) is 16.1 Å². The van der Waals surface area contributed by atoms with E-state index in [2.05, 4.69) is 10.6 Å². The Kier molecular flexibility index (Phi) is 5.24. The SMILES string of the molecule is O=C(/C=C/c1ccc2c(c1)OCO2)Nc1c(C(=O)Nc2cccc(F)c2)oc2ccccc12. The van der Waals surface area contributed by atoms with E-state index in [0.29, 0.717) is 22.5 Å². The summed E-state index contributed by atoms with van der Waals surface area (Å²) >= 11 is 0. The maximum Gasteiger partial charge on any atom is 0.293 e. The van der Waals surface area contributed by atoms with Crippen molar-refractivity contribution in [1.29, 1.82) is 0 Å². The van der Waals surface area contributed by atoms with Crippen molar-refractivity contribution in [2.24, 2.45) is 0 Å². The van der Waals surface area contributed by atoms with E-state index >= 15 is 0 Å². The van der Waals surface area contributed by atoms with Gasteiger partial charge in [-0.05, 0) is 54.1 Å². The zero-order valence-electron chi connectivity index (χ0n) is 17.1. The second-order valence-corrected chi connectivity index (χ2v) is 7.20. The molecule has 7 nitrogen and oxygen atoms in total. The van der Waals surface area contributed by atoms with Crippen molar-refractivity contribution < 1.29 is 27.9 Å². The number of para-hydroxylation sites is 1. The molecule has 2 heterocycles. The fraction of sp³-hybridized carbons (Fsp3) is 0.0400. The van der Waals surface area contributed by atoms with Gasteiger partial charge in [-0.1, -0.05) is 24.3 Å². The summed E-state index contributed by atoms with van der Waals surface area (Å²) in [6.45, 7) is 0.164. The van der Waals surface area contributed by atoms with Crippen LogP contribution in [-0.4, -0.2) is 18.6 Å². The van der Waals surface area contributed by atoms with Crippen LogP contribution >= 0.6 is 0 Å². The maximum absolute atomic E-state index is 13.5. The first kappa shape index (κ1) is 20.3. The van der Waals surface area contributed by atoms with Gasteiger partial charge in [0.15, 0.2) is 11.5 Å². The topological polar surface area (TPSA) is 89.8 Å². The second-order valence-electron chi connectivity index (χ2n) is 7.20. The zero-order valence-corrected chi connectivity index (χ0v) is 17.1. The molecule has 0 unspecified atom stereocenters. The van der Waals surface area contributed by atoms with Crippen LogP contribution in [0.25, 0.3) is 17.0 Å². The number of halogens is 1. The molecule has 1 aromatic heterocycles. The molecule has 1 aliphatic rings. The van der Waals surface area contributed by atoms with Crippen LogP contribution in [0.5, 0.6) is 11.5 Å². The highest BCUT2D eigenvalue weighted by atomic mass is 19.1. The van der Waals surface area contributed by atoms with Gasteiger partial charge in [-0.2, -0.15) is 0 Å². The Morgan fingerprint density at radius 3 is 2.64 bits per heavy atom. The van der Waals surface area contributed by atoms with E-state index in [1.54, 1.807) is 54.6 Å². The summed E-state index contributed by atoms with van der Waals surface area (Å²) in [5, 5.41) is 5.87. The number of nitrogens with one attached hydrogen (secondary N) is 2. The third-order valence-electron chi connectivity index (χ3n) is 4.96. The Balaban J connectivity index is 1.40. The molecule has 2 N–H and O–H groups in total. The smallest absolute Gasteiger partial charge is 0.293 e. The molecule has 5 rings (SSSR count). The van der Waals surface area contributed by atoms with Crippen molar-refractivity contribution in [2.45, 2.75) is 0 Å². The Hall–Kier alpha value is -4.59. The summed E-state index contributed by atoms with van der Waals surface area (Å²) in [6, 6.07) is 17.7. The Bertz CT molecular complexity index is 1410. The molecule has 33 heavy (non-hydrogen) atoms. The molecule has 3 aromatic carbocycles. The number of ether oxygens (including phenoxy) is 2. The molecule has 0 fully saturated rings. The minimum absolute atomic E-state index is 0.0923. The van der Waals surface area contributed by atoms with Crippen LogP contribution < -0.4 is 20.1 Å². The molecular formula is C25H17FN2O5. The lowest BCUT2D eigenvalue weighted by atomic mass is 10.2. The molecule has 1 aliphatic heterocycles. The van der Waals surface area contributed by atoms with E-state index in [1.165, 1.54) is 24.3 Å². The predicted molar refractivity (Wildman–Crippen MR) is 121 cm³/mol. The van der Waals surface area contributed by atoms with E-state index in [0.717, 1.165) is 5.56 Å². The molecule has 4 aromatic rings. The minimum atomic E-state index is -0.619. The van der Waals surface area contributed by atoms with Crippen LogP contribution in [0.2, 0.25) is 0 Å². The van der Waals surface area contributed by atoms with E-state index in [-0.39, 0.29) is 23.9 Å². The first-order valence-corrected chi connectivity index (χ1v) is 10.0. The fourth-order valence-electron chi connectivity index (χ4n) is 3.44. The number of furan rings is 1. The van der Waals surface area contributed by atoms with Gasteiger partial charge < -0.3 is 24.5 Å². The van der Waals surface area contributed by atoms with E-state index in [1.807, 2.05) is 0 Å². The molecule has 0 saturated carbocycles. The van der Waals surface area contributed by atoms with Crippen molar-refractivity contribution in [1.82, 2.24) is 0 Å². The van der Waals surface area contributed by atoms with Crippen molar-refractivity contribution in [3.05, 3.63) is 89.9 Å². The maximum atomic E-state index is 13.5. The summed E-state index contributed by atoms with van der Waals surface area (Å²) in [4.78, 5) is 25.5. The quantitative estimate of drug-likeness (QED) is 0.413. The highest BCUT2D eigenvalue weighted by Gasteiger charge is 2.22. The molecule has 0 saturated heterocycles. The number of anilines is 2. The molecule has 164 valence electrons. The van der Waals surface area contributed by atoms with Crippen LogP contribution in [0.4, 0.5) is 15.8 Å². The summed E-state index contributed by atoms with van der Waals surface area (Å²) in [5.41, 5.74) is 1.66. The molecular weight excluding hydrogens is 427 g/mol. The number of amides is 2. The van der Waals surface area contributed by atoms with Gasteiger partial charge >= 0.3 is 0 Å². The zero-order chi connectivity index (χ0) is 22.8. The number of benzene rings is 3. The monoisotopic (exact) mass is 444 g/mol. The summed E-state index contributed by atoms with van der Waals surface area (Å²) in [6.07, 6.45) is 2.96. The number of carbonyl (C=O) groups excluding carboxylic acids is 2. The largest absolute Gasteiger partial charge is 0.454 e. The van der Waals surface area contributed by atoms with Gasteiger partial charge in [0, 0.05) is 17.1 Å². The number of carbonyl (C=O) groups is 2. The number of hydrogen-bond acceptors (Lipinski definition) is 5. The lowest BCUT2D eigenvalue weighted by Gasteiger charge is -2.06. The molecule has 2 amide bonds. The van der Waals surface area contributed by atoms with Crippen LogP contribution in [0.3, 0.4) is 0 Å². The highest BCUT2D eigenvalue weighted by molar-refractivity contribution is 6.16. The Morgan fingerprint density at radius 2 is 1.76 bits per heavy atom. The van der Waals surface area contributed by atoms with Crippen molar-refractivity contribution in [2.75, 3.05) is 17.4 Å².